The Bertz CT molecular complexity index is 208. The molecule has 0 radical (unpaired) electrons. The number of carbonyl (C=O) groups is 1. The van der Waals surface area contributed by atoms with Gasteiger partial charge in [0.25, 0.3) is 0 Å². The predicted molar refractivity (Wildman–Crippen MR) is 59.7 cm³/mol. The lowest BCUT2D eigenvalue weighted by molar-refractivity contribution is -0.133. The third kappa shape index (κ3) is 3.18. The molecule has 15 heavy (non-hydrogen) atoms. The zero-order valence-electron chi connectivity index (χ0n) is 9.37. The van der Waals surface area contributed by atoms with Crippen molar-refractivity contribution >= 4 is 5.91 Å². The van der Waals surface area contributed by atoms with E-state index in [0.29, 0.717) is 12.5 Å². The number of nitrogens with one attached hydrogen (secondary N) is 1. The van der Waals surface area contributed by atoms with Gasteiger partial charge in [-0.05, 0) is 19.3 Å². The second-order valence-corrected chi connectivity index (χ2v) is 4.47. The molecule has 0 spiro atoms. The molecule has 2 fully saturated rings. The van der Waals surface area contributed by atoms with Crippen LogP contribution in [0.2, 0.25) is 0 Å². The molecule has 0 bridgehead atoms. The Hall–Kier alpha value is -0.610. The Labute approximate surface area is 91.6 Å². The normalized spacial score (nSPS) is 24.1. The van der Waals surface area contributed by atoms with Gasteiger partial charge in [-0.15, -0.1) is 0 Å². The average Bonchev–Trinajstić information content (AvgIpc) is 2.31. The summed E-state index contributed by atoms with van der Waals surface area (Å²) >= 11 is 0. The molecule has 0 atom stereocenters. The highest BCUT2D eigenvalue weighted by molar-refractivity contribution is 5.78. The second-order valence-electron chi connectivity index (χ2n) is 4.47. The van der Waals surface area contributed by atoms with Crippen LogP contribution in [0.3, 0.4) is 0 Å². The molecule has 1 N–H and O–H groups in total. The van der Waals surface area contributed by atoms with Crippen molar-refractivity contribution < 1.29 is 4.79 Å². The summed E-state index contributed by atoms with van der Waals surface area (Å²) < 4.78 is 0. The first-order chi connectivity index (χ1) is 7.36. The highest BCUT2D eigenvalue weighted by Gasteiger charge is 2.19. The van der Waals surface area contributed by atoms with E-state index in [0.717, 1.165) is 39.3 Å². The van der Waals surface area contributed by atoms with Crippen molar-refractivity contribution in [2.75, 3.05) is 45.8 Å². The molecule has 0 aromatic heterocycles. The number of likely N-dealkylation sites (tertiary alicyclic amines) is 1. The summed E-state index contributed by atoms with van der Waals surface area (Å²) in [6.07, 6.45) is 3.66. The first-order valence-electron chi connectivity index (χ1n) is 6.07. The highest BCUT2D eigenvalue weighted by atomic mass is 16.2. The maximum absolute atomic E-state index is 11.9. The quantitative estimate of drug-likeness (QED) is 0.693. The van der Waals surface area contributed by atoms with Crippen LogP contribution in [0.4, 0.5) is 0 Å². The molecule has 0 unspecified atom stereocenters. The summed E-state index contributed by atoms with van der Waals surface area (Å²) in [4.78, 5) is 16.2. The van der Waals surface area contributed by atoms with E-state index in [1.165, 1.54) is 19.3 Å². The first kappa shape index (κ1) is 10.9. The smallest absolute Gasteiger partial charge is 0.236 e. The van der Waals surface area contributed by atoms with Crippen LogP contribution in [0.25, 0.3) is 0 Å². The van der Waals surface area contributed by atoms with E-state index in [1.807, 2.05) is 4.90 Å². The SMILES string of the molecule is O=C(CN1CCNCC1)N1CCCCC1. The molecule has 2 saturated heterocycles. The molecule has 1 amide bonds. The zero-order chi connectivity index (χ0) is 10.5. The minimum atomic E-state index is 0.330. The lowest BCUT2D eigenvalue weighted by Gasteiger charge is -2.31. The van der Waals surface area contributed by atoms with Crippen molar-refractivity contribution in [3.05, 3.63) is 0 Å². The van der Waals surface area contributed by atoms with Crippen LogP contribution in [-0.2, 0) is 4.79 Å². The Morgan fingerprint density at radius 1 is 1.00 bits per heavy atom. The minimum absolute atomic E-state index is 0.330. The molecule has 2 rings (SSSR count). The summed E-state index contributed by atoms with van der Waals surface area (Å²) in [6.45, 7) is 6.65. The fourth-order valence-electron chi connectivity index (χ4n) is 2.30. The van der Waals surface area contributed by atoms with E-state index in [9.17, 15) is 4.79 Å². The topological polar surface area (TPSA) is 35.6 Å². The number of carbonyl (C=O) groups excluding carboxylic acids is 1. The fourth-order valence-corrected chi connectivity index (χ4v) is 2.30. The molecular formula is C11H21N3O. The maximum atomic E-state index is 11.9. The van der Waals surface area contributed by atoms with E-state index in [1.54, 1.807) is 0 Å². The van der Waals surface area contributed by atoms with Gasteiger partial charge in [0, 0.05) is 39.3 Å². The van der Waals surface area contributed by atoms with Crippen LogP contribution in [0.15, 0.2) is 0 Å². The summed E-state index contributed by atoms with van der Waals surface area (Å²) in [6, 6.07) is 0. The molecule has 4 heteroatoms. The Morgan fingerprint density at radius 2 is 1.67 bits per heavy atom. The number of hydrogen-bond donors (Lipinski definition) is 1. The molecule has 4 nitrogen and oxygen atoms in total. The maximum Gasteiger partial charge on any atom is 0.236 e. The largest absolute Gasteiger partial charge is 0.342 e. The molecule has 0 aromatic rings. The van der Waals surface area contributed by atoms with Crippen LogP contribution in [0, 0.1) is 0 Å². The average molecular weight is 211 g/mol. The van der Waals surface area contributed by atoms with Crippen LogP contribution in [0.1, 0.15) is 19.3 Å². The van der Waals surface area contributed by atoms with Crippen LogP contribution < -0.4 is 5.32 Å². The zero-order valence-corrected chi connectivity index (χ0v) is 9.37. The van der Waals surface area contributed by atoms with Crippen LogP contribution in [0.5, 0.6) is 0 Å². The van der Waals surface area contributed by atoms with E-state index >= 15 is 0 Å². The van der Waals surface area contributed by atoms with Crippen molar-refractivity contribution in [3.8, 4) is 0 Å². The minimum Gasteiger partial charge on any atom is -0.342 e. The highest BCUT2D eigenvalue weighted by Crippen LogP contribution is 2.09. The van der Waals surface area contributed by atoms with Gasteiger partial charge in [-0.1, -0.05) is 0 Å². The second kappa shape index (κ2) is 5.47. The van der Waals surface area contributed by atoms with Crippen molar-refractivity contribution in [2.45, 2.75) is 19.3 Å². The van der Waals surface area contributed by atoms with Gasteiger partial charge < -0.3 is 10.2 Å². The number of amides is 1. The molecule has 0 aliphatic carbocycles. The summed E-state index contributed by atoms with van der Waals surface area (Å²) in [5, 5.41) is 3.30. The van der Waals surface area contributed by atoms with E-state index in [-0.39, 0.29) is 0 Å². The van der Waals surface area contributed by atoms with Gasteiger partial charge in [0.1, 0.15) is 0 Å². The molecule has 86 valence electrons. The Balaban J connectivity index is 1.74. The van der Waals surface area contributed by atoms with Crippen molar-refractivity contribution in [1.82, 2.24) is 15.1 Å². The third-order valence-corrected chi connectivity index (χ3v) is 3.28. The molecule has 2 aliphatic heterocycles. The van der Waals surface area contributed by atoms with Gasteiger partial charge in [0.2, 0.25) is 5.91 Å². The summed E-state index contributed by atoms with van der Waals surface area (Å²) in [5.41, 5.74) is 0. The molecule has 0 aromatic carbocycles. The van der Waals surface area contributed by atoms with E-state index in [2.05, 4.69) is 10.2 Å². The van der Waals surface area contributed by atoms with Gasteiger partial charge in [0.05, 0.1) is 6.54 Å². The number of rotatable bonds is 2. The van der Waals surface area contributed by atoms with Gasteiger partial charge in [0.15, 0.2) is 0 Å². The third-order valence-electron chi connectivity index (χ3n) is 3.28. The van der Waals surface area contributed by atoms with Gasteiger partial charge in [-0.25, -0.2) is 0 Å². The lowest BCUT2D eigenvalue weighted by Crippen LogP contribution is -2.49. The molecule has 0 saturated carbocycles. The number of piperazine rings is 1. The molecule has 2 heterocycles. The standard InChI is InChI=1S/C11H21N3O/c15-11(14-6-2-1-3-7-14)10-13-8-4-12-5-9-13/h12H,1-10H2. The van der Waals surface area contributed by atoms with Gasteiger partial charge >= 0.3 is 0 Å². The number of nitrogens with zero attached hydrogens (tertiary/aromatic N) is 2. The van der Waals surface area contributed by atoms with Crippen molar-refractivity contribution in [1.29, 1.82) is 0 Å². The summed E-state index contributed by atoms with van der Waals surface area (Å²) in [5.74, 6) is 0.330. The van der Waals surface area contributed by atoms with Crippen molar-refractivity contribution in [2.24, 2.45) is 0 Å². The van der Waals surface area contributed by atoms with Crippen molar-refractivity contribution in [3.63, 3.8) is 0 Å². The Kier molecular flexibility index (Phi) is 3.97. The van der Waals surface area contributed by atoms with Crippen LogP contribution in [-0.4, -0.2) is 61.5 Å². The molecule has 2 aliphatic rings. The number of piperidine rings is 1. The number of hydrogen-bond acceptors (Lipinski definition) is 3. The monoisotopic (exact) mass is 211 g/mol. The fraction of sp³-hybridized carbons (Fsp3) is 0.909. The lowest BCUT2D eigenvalue weighted by atomic mass is 10.1. The van der Waals surface area contributed by atoms with Gasteiger partial charge in [-0.3, -0.25) is 9.69 Å². The molecular weight excluding hydrogens is 190 g/mol. The van der Waals surface area contributed by atoms with E-state index < -0.39 is 0 Å². The van der Waals surface area contributed by atoms with Crippen LogP contribution >= 0.6 is 0 Å². The predicted octanol–water partition coefficient (Wildman–Crippen LogP) is -0.0959. The summed E-state index contributed by atoms with van der Waals surface area (Å²) in [7, 11) is 0. The first-order valence-corrected chi connectivity index (χ1v) is 6.07. The van der Waals surface area contributed by atoms with E-state index in [4.69, 9.17) is 0 Å². The van der Waals surface area contributed by atoms with Gasteiger partial charge in [-0.2, -0.15) is 0 Å². The Morgan fingerprint density at radius 3 is 2.33 bits per heavy atom.